The first-order valence-corrected chi connectivity index (χ1v) is 13.3. The van der Waals surface area contributed by atoms with E-state index in [1.807, 2.05) is 29.7 Å². The average Bonchev–Trinajstić information content (AvgIpc) is 3.16. The molecule has 2 amide bonds. The molecule has 1 aromatic carbocycles. The second-order valence-corrected chi connectivity index (χ2v) is 10.3. The molecule has 4 rings (SSSR count). The molecule has 2 aromatic heterocycles. The van der Waals surface area contributed by atoms with Crippen molar-refractivity contribution in [2.75, 3.05) is 38.1 Å². The van der Waals surface area contributed by atoms with Gasteiger partial charge in [0, 0.05) is 23.8 Å². The fraction of sp³-hybridized carbons (Fsp3) is 0.400. The number of hydrogen-bond acceptors (Lipinski definition) is 5. The number of benzene rings is 1. The van der Waals surface area contributed by atoms with Gasteiger partial charge in [-0.15, -0.1) is 0 Å². The van der Waals surface area contributed by atoms with Gasteiger partial charge < -0.3 is 15.0 Å². The molecular weight excluding hydrogens is 569 g/mol. The molecule has 0 saturated carbocycles. The van der Waals surface area contributed by atoms with Crippen LogP contribution in [-0.2, 0) is 16.2 Å². The molecule has 3 heterocycles. The summed E-state index contributed by atoms with van der Waals surface area (Å²) in [5.74, 6) is 0.121. The monoisotopic (exact) mass is 595 g/mol. The minimum Gasteiger partial charge on any atom is -0.485 e. The number of halogens is 3. The van der Waals surface area contributed by atoms with Gasteiger partial charge in [0.25, 0.3) is 0 Å². The number of carbonyl (C=O) groups excluding carboxylic acids is 2. The fourth-order valence-corrected chi connectivity index (χ4v) is 5.15. The molecule has 0 atom stereocenters. The zero-order chi connectivity index (χ0) is 25.8. The van der Waals surface area contributed by atoms with Crippen LogP contribution in [0.15, 0.2) is 35.1 Å². The molecule has 36 heavy (non-hydrogen) atoms. The van der Waals surface area contributed by atoms with E-state index in [2.05, 4.69) is 31.1 Å². The highest BCUT2D eigenvalue weighted by atomic mass is 79.9. The zero-order valence-corrected chi connectivity index (χ0v) is 23.3. The summed E-state index contributed by atoms with van der Waals surface area (Å²) in [5.41, 5.74) is 2.53. The third-order valence-corrected chi connectivity index (χ3v) is 7.97. The first kappa shape index (κ1) is 26.7. The molecule has 1 saturated heterocycles. The van der Waals surface area contributed by atoms with Crippen molar-refractivity contribution in [3.63, 3.8) is 0 Å². The Morgan fingerprint density at radius 3 is 2.69 bits per heavy atom. The molecule has 0 spiro atoms. The Bertz CT molecular complexity index is 1280. The van der Waals surface area contributed by atoms with Gasteiger partial charge in [0.15, 0.2) is 11.4 Å². The van der Waals surface area contributed by atoms with Gasteiger partial charge in [-0.05, 0) is 73.1 Å². The van der Waals surface area contributed by atoms with E-state index in [1.165, 1.54) is 11.3 Å². The third kappa shape index (κ3) is 5.96. The molecular formula is C25H28BrCl2N5O3. The maximum absolute atomic E-state index is 12.8. The zero-order valence-electron chi connectivity index (χ0n) is 20.2. The van der Waals surface area contributed by atoms with Crippen LogP contribution in [-0.4, -0.2) is 59.3 Å². The Labute approximate surface area is 228 Å². The minimum absolute atomic E-state index is 0.0866. The standard InChI is InChI=1S/C25H28BrCl2N5O3/c1-16-24(26)33-12-6-7-20(25(33)30-16)36-15-17-18(27)8-9-19(23(17)28)31(2)22(35)13-29-21(34)14-32-10-4-3-5-11-32/h6-9,12H,3-5,10-11,13-15H2,1-2H3,(H,29,34). The van der Waals surface area contributed by atoms with E-state index in [0.717, 1.165) is 36.2 Å². The maximum atomic E-state index is 12.8. The average molecular weight is 597 g/mol. The smallest absolute Gasteiger partial charge is 0.246 e. The fourth-order valence-electron chi connectivity index (χ4n) is 4.17. The summed E-state index contributed by atoms with van der Waals surface area (Å²) < 4.78 is 8.78. The van der Waals surface area contributed by atoms with Gasteiger partial charge in [0.1, 0.15) is 11.2 Å². The van der Waals surface area contributed by atoms with E-state index < -0.39 is 0 Å². The predicted molar refractivity (Wildman–Crippen MR) is 145 cm³/mol. The number of rotatable bonds is 8. The summed E-state index contributed by atoms with van der Waals surface area (Å²) in [6.07, 6.45) is 5.29. The first-order valence-electron chi connectivity index (χ1n) is 11.7. The van der Waals surface area contributed by atoms with Crippen molar-refractivity contribution in [1.29, 1.82) is 0 Å². The minimum atomic E-state index is -0.291. The molecule has 1 fully saturated rings. The third-order valence-electron chi connectivity index (χ3n) is 6.24. The van der Waals surface area contributed by atoms with Crippen molar-refractivity contribution in [1.82, 2.24) is 19.6 Å². The van der Waals surface area contributed by atoms with Gasteiger partial charge in [-0.2, -0.15) is 0 Å². The van der Waals surface area contributed by atoms with Crippen molar-refractivity contribution in [3.05, 3.63) is 56.4 Å². The van der Waals surface area contributed by atoms with Crippen molar-refractivity contribution in [2.24, 2.45) is 0 Å². The van der Waals surface area contributed by atoms with Crippen LogP contribution in [0, 0.1) is 6.92 Å². The number of anilines is 1. The van der Waals surface area contributed by atoms with E-state index in [0.29, 0.717) is 39.2 Å². The molecule has 8 nitrogen and oxygen atoms in total. The Kier molecular flexibility index (Phi) is 8.77. The van der Waals surface area contributed by atoms with Crippen molar-refractivity contribution in [2.45, 2.75) is 32.8 Å². The molecule has 1 aliphatic rings. The number of imidazole rings is 1. The number of ether oxygens (including phenoxy) is 1. The number of likely N-dealkylation sites (tertiary alicyclic amines) is 1. The Morgan fingerprint density at radius 2 is 1.94 bits per heavy atom. The molecule has 0 unspecified atom stereocenters. The number of amides is 2. The molecule has 3 aromatic rings. The van der Waals surface area contributed by atoms with Crippen LogP contribution in [0.4, 0.5) is 5.69 Å². The number of aromatic nitrogens is 2. The van der Waals surface area contributed by atoms with Gasteiger partial charge >= 0.3 is 0 Å². The van der Waals surface area contributed by atoms with E-state index in [-0.39, 0.29) is 25.0 Å². The van der Waals surface area contributed by atoms with Gasteiger partial charge in [-0.3, -0.25) is 18.9 Å². The summed E-state index contributed by atoms with van der Waals surface area (Å²) in [7, 11) is 1.62. The largest absolute Gasteiger partial charge is 0.485 e. The van der Waals surface area contributed by atoms with Gasteiger partial charge in [0.2, 0.25) is 11.8 Å². The molecule has 0 aliphatic carbocycles. The molecule has 0 radical (unpaired) electrons. The van der Waals surface area contributed by atoms with Gasteiger partial charge in [-0.1, -0.05) is 29.6 Å². The lowest BCUT2D eigenvalue weighted by Gasteiger charge is -2.26. The van der Waals surface area contributed by atoms with Crippen LogP contribution in [0.25, 0.3) is 5.65 Å². The van der Waals surface area contributed by atoms with Crippen LogP contribution >= 0.6 is 39.1 Å². The van der Waals surface area contributed by atoms with Crippen LogP contribution in [0.1, 0.15) is 30.5 Å². The number of likely N-dealkylation sites (N-methyl/N-ethyl adjacent to an activating group) is 1. The molecule has 1 aliphatic heterocycles. The number of hydrogen-bond donors (Lipinski definition) is 1. The van der Waals surface area contributed by atoms with E-state index in [4.69, 9.17) is 27.9 Å². The molecule has 1 N–H and O–H groups in total. The lowest BCUT2D eigenvalue weighted by Crippen LogP contribution is -2.43. The molecule has 0 bridgehead atoms. The predicted octanol–water partition coefficient (Wildman–Crippen LogP) is 4.86. The SMILES string of the molecule is Cc1nc2c(OCc3c(Cl)ccc(N(C)C(=O)CNC(=O)CN4CCCCC4)c3Cl)cccn2c1Br. The topological polar surface area (TPSA) is 79.2 Å². The van der Waals surface area contributed by atoms with Crippen LogP contribution < -0.4 is 15.0 Å². The Morgan fingerprint density at radius 1 is 1.19 bits per heavy atom. The van der Waals surface area contributed by atoms with Crippen LogP contribution in [0.2, 0.25) is 10.0 Å². The number of pyridine rings is 1. The number of nitrogens with zero attached hydrogens (tertiary/aromatic N) is 4. The van der Waals surface area contributed by atoms with Crippen molar-refractivity contribution in [3.8, 4) is 5.75 Å². The van der Waals surface area contributed by atoms with Crippen molar-refractivity contribution >= 4 is 62.3 Å². The summed E-state index contributed by atoms with van der Waals surface area (Å²) in [6.45, 7) is 4.00. The number of carbonyl (C=O) groups is 2. The summed E-state index contributed by atoms with van der Waals surface area (Å²) in [6, 6.07) is 7.04. The highest BCUT2D eigenvalue weighted by molar-refractivity contribution is 9.10. The maximum Gasteiger partial charge on any atom is 0.246 e. The quantitative estimate of drug-likeness (QED) is 0.402. The number of piperidine rings is 1. The normalized spacial score (nSPS) is 14.1. The second-order valence-electron chi connectivity index (χ2n) is 8.77. The van der Waals surface area contributed by atoms with Gasteiger partial charge in [-0.25, -0.2) is 4.98 Å². The van der Waals surface area contributed by atoms with E-state index >= 15 is 0 Å². The molecule has 192 valence electrons. The highest BCUT2D eigenvalue weighted by Gasteiger charge is 2.21. The second kappa shape index (κ2) is 11.8. The highest BCUT2D eigenvalue weighted by Crippen LogP contribution is 2.35. The first-order chi connectivity index (χ1) is 17.3. The van der Waals surface area contributed by atoms with Crippen LogP contribution in [0.3, 0.4) is 0 Å². The number of aryl methyl sites for hydroxylation is 1. The summed E-state index contributed by atoms with van der Waals surface area (Å²) >= 11 is 16.6. The lowest BCUT2D eigenvalue weighted by molar-refractivity contribution is -0.125. The number of nitrogens with one attached hydrogen (secondary N) is 1. The summed E-state index contributed by atoms with van der Waals surface area (Å²) in [5, 5.41) is 3.45. The van der Waals surface area contributed by atoms with Crippen LogP contribution in [0.5, 0.6) is 5.75 Å². The Balaban J connectivity index is 1.42. The summed E-state index contributed by atoms with van der Waals surface area (Å²) in [4.78, 5) is 33.2. The number of fused-ring (bicyclic) bond motifs is 1. The lowest BCUT2D eigenvalue weighted by atomic mass is 10.1. The van der Waals surface area contributed by atoms with Crippen molar-refractivity contribution < 1.29 is 14.3 Å². The van der Waals surface area contributed by atoms with E-state index in [9.17, 15) is 9.59 Å². The van der Waals surface area contributed by atoms with E-state index in [1.54, 1.807) is 19.2 Å². The van der Waals surface area contributed by atoms with Gasteiger partial charge in [0.05, 0.1) is 29.5 Å². The Hall–Kier alpha value is -2.33. The molecule has 11 heteroatoms.